The van der Waals surface area contributed by atoms with Crippen molar-refractivity contribution in [1.82, 2.24) is 15.2 Å². The van der Waals surface area contributed by atoms with Gasteiger partial charge in [-0.15, -0.1) is 0 Å². The minimum Gasteiger partial charge on any atom is -0.368 e. The molecule has 4 rings (SSSR count). The Bertz CT molecular complexity index is 1190. The molecular weight excluding hydrogens is 451 g/mol. The number of aromatic nitrogens is 1. The number of amides is 3. The van der Waals surface area contributed by atoms with Gasteiger partial charge in [-0.25, -0.2) is 0 Å². The van der Waals surface area contributed by atoms with Crippen LogP contribution in [0.4, 0.5) is 0 Å². The molecule has 12 heteroatoms. The summed E-state index contributed by atoms with van der Waals surface area (Å²) in [6.07, 6.45) is 4.08. The number of H-pyrrole nitrogens is 1. The number of nitrogens with zero attached hydrogens (tertiary/aromatic N) is 1. The van der Waals surface area contributed by atoms with E-state index in [9.17, 15) is 23.7 Å². The zero-order valence-electron chi connectivity index (χ0n) is 17.7. The van der Waals surface area contributed by atoms with Crippen LogP contribution in [0.5, 0.6) is 0 Å². The number of nitrogens with one attached hydrogen (secondary N) is 2. The van der Waals surface area contributed by atoms with Gasteiger partial charge >= 0.3 is 7.60 Å². The second-order valence-electron chi connectivity index (χ2n) is 8.54. The molecule has 0 aliphatic carbocycles. The van der Waals surface area contributed by atoms with E-state index in [1.807, 2.05) is 0 Å². The Balaban J connectivity index is 1.55. The Hall–Kier alpha value is -3.01. The van der Waals surface area contributed by atoms with Gasteiger partial charge in [0.1, 0.15) is 17.8 Å². The smallest absolute Gasteiger partial charge is 0.368 e. The lowest BCUT2D eigenvalue weighted by atomic mass is 9.99. The van der Waals surface area contributed by atoms with E-state index >= 15 is 0 Å². The topological polar surface area (TPSA) is 183 Å². The number of nitrogens with two attached hydrogens (primary N) is 1. The van der Waals surface area contributed by atoms with Crippen molar-refractivity contribution in [2.45, 2.75) is 56.7 Å². The highest BCUT2D eigenvalue weighted by Gasteiger charge is 2.43. The van der Waals surface area contributed by atoms with Crippen LogP contribution in [0.2, 0.25) is 0 Å². The third-order valence-corrected chi connectivity index (χ3v) is 7.13. The zero-order valence-corrected chi connectivity index (χ0v) is 18.6. The van der Waals surface area contributed by atoms with Gasteiger partial charge in [-0.05, 0) is 49.9 Å². The highest BCUT2D eigenvalue weighted by molar-refractivity contribution is 7.70. The summed E-state index contributed by atoms with van der Waals surface area (Å²) in [5, 5.41) is 3.16. The molecule has 0 spiro atoms. The fourth-order valence-corrected chi connectivity index (χ4v) is 5.21. The van der Waals surface area contributed by atoms with Crippen LogP contribution in [0.1, 0.15) is 59.4 Å². The van der Waals surface area contributed by atoms with Crippen LogP contribution in [0, 0.1) is 0 Å². The third-order valence-electron chi connectivity index (χ3n) is 6.35. The molecule has 3 amide bonds. The first kappa shape index (κ1) is 23.2. The van der Waals surface area contributed by atoms with Crippen molar-refractivity contribution in [3.8, 4) is 0 Å². The number of hydrogen-bond acceptors (Lipinski definition) is 5. The average Bonchev–Trinajstić information content (AvgIpc) is 3.36. The van der Waals surface area contributed by atoms with E-state index in [1.54, 1.807) is 0 Å². The van der Waals surface area contributed by atoms with Crippen molar-refractivity contribution in [1.29, 1.82) is 0 Å². The highest BCUT2D eigenvalue weighted by atomic mass is 31.2. The first-order valence-corrected chi connectivity index (χ1v) is 12.3. The van der Waals surface area contributed by atoms with Crippen LogP contribution in [-0.4, -0.2) is 61.0 Å². The zero-order chi connectivity index (χ0) is 23.9. The second-order valence-corrected chi connectivity index (χ2v) is 10.0. The average molecular weight is 476 g/mol. The van der Waals surface area contributed by atoms with Gasteiger partial charge in [0, 0.05) is 22.5 Å². The maximum absolute atomic E-state index is 13.2. The fourth-order valence-electron chi connectivity index (χ4n) is 4.74. The van der Waals surface area contributed by atoms with E-state index in [4.69, 9.17) is 15.5 Å². The van der Waals surface area contributed by atoms with Crippen LogP contribution < -0.4 is 11.1 Å². The Morgan fingerprint density at radius 2 is 1.82 bits per heavy atom. The van der Waals surface area contributed by atoms with Crippen molar-refractivity contribution < 1.29 is 33.5 Å². The van der Waals surface area contributed by atoms with E-state index < -0.39 is 37.0 Å². The predicted molar refractivity (Wildman–Crippen MR) is 117 cm³/mol. The van der Waals surface area contributed by atoms with Gasteiger partial charge in [-0.1, -0.05) is 12.8 Å². The molecule has 176 valence electrons. The summed E-state index contributed by atoms with van der Waals surface area (Å²) in [7, 11) is -4.93. The molecule has 0 saturated carbocycles. The number of hydrogen-bond donors (Lipinski definition) is 5. The van der Waals surface area contributed by atoms with Gasteiger partial charge in [-0.3, -0.25) is 23.7 Å². The highest BCUT2D eigenvalue weighted by Crippen LogP contribution is 2.39. The van der Waals surface area contributed by atoms with Gasteiger partial charge in [-0.2, -0.15) is 0 Å². The first-order valence-electron chi connectivity index (χ1n) is 10.7. The molecule has 3 atom stereocenters. The number of carbonyl (C=O) groups is 4. The van der Waals surface area contributed by atoms with E-state index in [1.165, 1.54) is 29.2 Å². The van der Waals surface area contributed by atoms with Crippen LogP contribution in [-0.2, 0) is 14.2 Å². The maximum Gasteiger partial charge on any atom is 0.396 e. The van der Waals surface area contributed by atoms with Gasteiger partial charge in [0.25, 0.3) is 11.4 Å². The normalized spacial score (nSPS) is 23.6. The molecule has 0 radical (unpaired) electrons. The minimum atomic E-state index is -4.93. The number of primary amides is 1. The van der Waals surface area contributed by atoms with Gasteiger partial charge in [0.2, 0.25) is 11.8 Å². The Morgan fingerprint density at radius 3 is 2.52 bits per heavy atom. The van der Waals surface area contributed by atoms with Crippen LogP contribution in [0.15, 0.2) is 24.3 Å². The summed E-state index contributed by atoms with van der Waals surface area (Å²) < 4.78 is 11.2. The molecule has 2 saturated heterocycles. The van der Waals surface area contributed by atoms with Crippen molar-refractivity contribution in [3.63, 3.8) is 0 Å². The van der Waals surface area contributed by atoms with Gasteiger partial charge in [0.05, 0.1) is 0 Å². The fraction of sp³-hybridized carbons (Fsp3) is 0.429. The van der Waals surface area contributed by atoms with Crippen LogP contribution in [0.3, 0.4) is 0 Å². The number of rotatable bonds is 5. The van der Waals surface area contributed by atoms with Crippen LogP contribution >= 0.6 is 7.60 Å². The quantitative estimate of drug-likeness (QED) is 0.399. The van der Waals surface area contributed by atoms with Crippen molar-refractivity contribution >= 4 is 41.7 Å². The Labute approximate surface area is 188 Å². The Morgan fingerprint density at radius 1 is 1.09 bits per heavy atom. The lowest BCUT2D eigenvalue weighted by molar-refractivity contribution is -0.141. The summed E-state index contributed by atoms with van der Waals surface area (Å²) in [5.74, 6) is -1.41. The van der Waals surface area contributed by atoms with E-state index in [0.717, 1.165) is 19.3 Å². The van der Waals surface area contributed by atoms with Crippen molar-refractivity contribution in [2.24, 2.45) is 5.73 Å². The van der Waals surface area contributed by atoms with E-state index in [2.05, 4.69) is 10.3 Å². The first-order chi connectivity index (χ1) is 15.6. The maximum atomic E-state index is 13.2. The molecule has 3 heterocycles. The number of benzene rings is 1. The lowest BCUT2D eigenvalue weighted by Gasteiger charge is -2.34. The number of aromatic amines is 1. The molecule has 0 unspecified atom stereocenters. The van der Waals surface area contributed by atoms with E-state index in [-0.39, 0.29) is 23.2 Å². The summed E-state index contributed by atoms with van der Waals surface area (Å²) in [6.45, 7) is 0. The molecule has 33 heavy (non-hydrogen) atoms. The lowest BCUT2D eigenvalue weighted by Crippen LogP contribution is -2.55. The molecule has 11 nitrogen and oxygen atoms in total. The molecular formula is C21H25N4O7P. The number of carbonyl (C=O) groups excluding carboxylic acids is 4. The molecule has 2 fully saturated rings. The summed E-state index contributed by atoms with van der Waals surface area (Å²) in [4.78, 5) is 72.5. The third kappa shape index (κ3) is 4.57. The molecule has 1 aromatic carbocycles. The van der Waals surface area contributed by atoms with Gasteiger partial charge in [0.15, 0.2) is 0 Å². The molecule has 2 aliphatic rings. The molecule has 0 bridgehead atoms. The second kappa shape index (κ2) is 8.74. The van der Waals surface area contributed by atoms with Crippen molar-refractivity contribution in [2.75, 3.05) is 0 Å². The van der Waals surface area contributed by atoms with E-state index in [0.29, 0.717) is 30.2 Å². The minimum absolute atomic E-state index is 0.0623. The van der Waals surface area contributed by atoms with Crippen LogP contribution in [0.25, 0.3) is 10.9 Å². The molecule has 2 aromatic rings. The predicted octanol–water partition coefficient (Wildman–Crippen LogP) is 1.00. The molecule has 6 N–H and O–H groups in total. The summed E-state index contributed by atoms with van der Waals surface area (Å²) in [5.41, 5.74) is 4.64. The SMILES string of the molecule is NC(=O)[C@@H]1CC[C@@H]2CCCC[C@H](NC(=O)c3cc4cc(C(=O)P(=O)(O)O)ccc4[nH]3)C(=O)N21. The summed E-state index contributed by atoms with van der Waals surface area (Å²) in [6, 6.07) is 3.90. The van der Waals surface area contributed by atoms with Crippen molar-refractivity contribution in [3.05, 3.63) is 35.5 Å². The largest absolute Gasteiger partial charge is 0.396 e. The Kier molecular flexibility index (Phi) is 6.13. The van der Waals surface area contributed by atoms with Gasteiger partial charge < -0.3 is 30.7 Å². The summed E-state index contributed by atoms with van der Waals surface area (Å²) >= 11 is 0. The number of fused-ring (bicyclic) bond motifs is 2. The monoisotopic (exact) mass is 476 g/mol. The molecule has 2 aliphatic heterocycles. The molecule has 1 aromatic heterocycles. The standard InChI is InChI=1S/C21H25N4O7P/c22-18(26)17-8-6-13-3-1-2-4-15(20(28)25(13)17)24-19(27)16-10-12-9-11(5-7-14(12)23-16)21(29)33(30,31)32/h5,7,9-10,13,15,17,23H,1-4,6,8H2,(H2,22,26)(H,24,27)(H2,30,31,32)/t13-,15-,17-/m0/s1.